The van der Waals surface area contributed by atoms with Crippen molar-refractivity contribution in [2.24, 2.45) is 4.99 Å². The summed E-state index contributed by atoms with van der Waals surface area (Å²) >= 11 is 6.07. The molecule has 1 atom stereocenters. The van der Waals surface area contributed by atoms with Crippen LogP contribution in [0, 0.1) is 19.3 Å². The average Bonchev–Trinajstić information content (AvgIpc) is 2.92. The van der Waals surface area contributed by atoms with Crippen LogP contribution >= 0.6 is 11.6 Å². The van der Waals surface area contributed by atoms with Crippen molar-refractivity contribution in [3.63, 3.8) is 0 Å². The van der Waals surface area contributed by atoms with Crippen LogP contribution in [0.25, 0.3) is 22.2 Å². The molecule has 0 aliphatic rings. The van der Waals surface area contributed by atoms with E-state index in [9.17, 15) is 0 Å². The highest BCUT2D eigenvalue weighted by atomic mass is 35.5. The minimum absolute atomic E-state index is 0.140. The van der Waals surface area contributed by atoms with Crippen LogP contribution in [-0.4, -0.2) is 39.9 Å². The molecule has 1 unspecified atom stereocenters. The second-order valence-corrected chi connectivity index (χ2v) is 6.72. The molecular weight excluding hydrogens is 346 g/mol. The number of hydrogen-bond acceptors (Lipinski definition) is 3. The third kappa shape index (κ3) is 3.16. The zero-order chi connectivity index (χ0) is 18.8. The largest absolute Gasteiger partial charge is 0.369 e. The quantitative estimate of drug-likeness (QED) is 0.389. The van der Waals surface area contributed by atoms with Crippen molar-refractivity contribution in [2.75, 3.05) is 14.1 Å². The number of fused-ring (bicyclic) bond motifs is 1. The maximum atomic E-state index is 6.07. The normalized spacial score (nSPS) is 12.5. The molecule has 0 amide bonds. The first-order chi connectivity index (χ1) is 12.4. The lowest BCUT2D eigenvalue weighted by atomic mass is 10.0. The summed E-state index contributed by atoms with van der Waals surface area (Å²) in [7, 11) is 3.83. The summed E-state index contributed by atoms with van der Waals surface area (Å²) < 4.78 is 2.05. The van der Waals surface area contributed by atoms with Gasteiger partial charge in [-0.25, -0.2) is 15.0 Å². The number of hydrogen-bond donors (Lipinski definition) is 0. The Morgan fingerprint density at radius 1 is 1.27 bits per heavy atom. The second kappa shape index (κ2) is 7.19. The molecule has 0 aliphatic carbocycles. The number of nitrogens with zero attached hydrogens (tertiary/aromatic N) is 5. The van der Waals surface area contributed by atoms with E-state index < -0.39 is 0 Å². The van der Waals surface area contributed by atoms with Gasteiger partial charge in [-0.1, -0.05) is 29.7 Å². The minimum atomic E-state index is -0.140. The summed E-state index contributed by atoms with van der Waals surface area (Å²) in [5.74, 6) is 3.40. The van der Waals surface area contributed by atoms with Gasteiger partial charge in [-0.3, -0.25) is 0 Å². The SMILES string of the molecule is C#CC(C)n1c(C)c(-c2ccc(Cl)cc2)c2c(N=CN(C)C)ncnc21. The Morgan fingerprint density at radius 2 is 1.96 bits per heavy atom. The summed E-state index contributed by atoms with van der Waals surface area (Å²) in [6, 6.07) is 7.58. The first-order valence-electron chi connectivity index (χ1n) is 8.22. The number of halogens is 1. The molecule has 1 aromatic carbocycles. The van der Waals surface area contributed by atoms with E-state index in [1.165, 1.54) is 6.33 Å². The molecule has 0 saturated carbocycles. The molecule has 0 saturated heterocycles. The Bertz CT molecular complexity index is 1010. The van der Waals surface area contributed by atoms with Crippen molar-refractivity contribution in [1.82, 2.24) is 19.4 Å². The fraction of sp³-hybridized carbons (Fsp3) is 0.250. The Morgan fingerprint density at radius 3 is 2.58 bits per heavy atom. The van der Waals surface area contributed by atoms with Crippen LogP contribution in [0.2, 0.25) is 5.02 Å². The van der Waals surface area contributed by atoms with Gasteiger partial charge in [-0.05, 0) is 31.5 Å². The average molecular weight is 366 g/mol. The lowest BCUT2D eigenvalue weighted by Gasteiger charge is -2.11. The topological polar surface area (TPSA) is 46.3 Å². The summed E-state index contributed by atoms with van der Waals surface area (Å²) in [6.07, 6.45) is 8.95. The number of terminal acetylenes is 1. The van der Waals surface area contributed by atoms with Gasteiger partial charge in [0, 0.05) is 30.4 Å². The molecule has 0 aliphatic heterocycles. The Kier molecular flexibility index (Phi) is 4.97. The van der Waals surface area contributed by atoms with Gasteiger partial charge < -0.3 is 9.47 Å². The highest BCUT2D eigenvalue weighted by Crippen LogP contribution is 2.39. The first kappa shape index (κ1) is 18.0. The van der Waals surface area contributed by atoms with Crippen LogP contribution in [0.1, 0.15) is 18.7 Å². The van der Waals surface area contributed by atoms with Gasteiger partial charge in [-0.15, -0.1) is 6.42 Å². The highest BCUT2D eigenvalue weighted by Gasteiger charge is 2.22. The Labute approximate surface area is 158 Å². The van der Waals surface area contributed by atoms with Crippen molar-refractivity contribution < 1.29 is 0 Å². The first-order valence-corrected chi connectivity index (χ1v) is 8.60. The molecule has 6 heteroatoms. The van der Waals surface area contributed by atoms with Gasteiger partial charge in [0.25, 0.3) is 0 Å². The Balaban J connectivity index is 2.39. The summed E-state index contributed by atoms with van der Waals surface area (Å²) in [4.78, 5) is 15.3. The molecule has 0 radical (unpaired) electrons. The van der Waals surface area contributed by atoms with E-state index in [1.54, 1.807) is 6.34 Å². The molecule has 132 valence electrons. The molecule has 26 heavy (non-hydrogen) atoms. The molecule has 0 N–H and O–H groups in total. The van der Waals surface area contributed by atoms with Crippen molar-refractivity contribution in [2.45, 2.75) is 19.9 Å². The summed E-state index contributed by atoms with van der Waals surface area (Å²) in [6.45, 7) is 4.02. The van der Waals surface area contributed by atoms with Crippen LogP contribution in [0.4, 0.5) is 5.82 Å². The van der Waals surface area contributed by atoms with Crippen LogP contribution in [0.15, 0.2) is 35.6 Å². The van der Waals surface area contributed by atoms with Crippen LogP contribution < -0.4 is 0 Å². The fourth-order valence-electron chi connectivity index (χ4n) is 3.02. The molecule has 3 rings (SSSR count). The van der Waals surface area contributed by atoms with E-state index in [0.29, 0.717) is 10.8 Å². The monoisotopic (exact) mass is 365 g/mol. The van der Waals surface area contributed by atoms with Crippen LogP contribution in [0.5, 0.6) is 0 Å². The molecule has 0 bridgehead atoms. The fourth-order valence-corrected chi connectivity index (χ4v) is 3.15. The number of aromatic nitrogens is 3. The van der Waals surface area contributed by atoms with E-state index in [1.807, 2.05) is 57.1 Å². The zero-order valence-electron chi connectivity index (χ0n) is 15.2. The molecule has 5 nitrogen and oxygen atoms in total. The van der Waals surface area contributed by atoms with Crippen molar-refractivity contribution in [3.05, 3.63) is 41.3 Å². The van der Waals surface area contributed by atoms with E-state index in [0.717, 1.165) is 27.9 Å². The van der Waals surface area contributed by atoms with E-state index in [2.05, 4.69) is 25.4 Å². The van der Waals surface area contributed by atoms with Gasteiger partial charge in [0.1, 0.15) is 12.0 Å². The predicted octanol–water partition coefficient (Wildman–Crippen LogP) is 4.48. The van der Waals surface area contributed by atoms with Crippen molar-refractivity contribution in [1.29, 1.82) is 0 Å². The van der Waals surface area contributed by atoms with Gasteiger partial charge in [-0.2, -0.15) is 0 Å². The van der Waals surface area contributed by atoms with Crippen molar-refractivity contribution >= 4 is 34.8 Å². The van der Waals surface area contributed by atoms with E-state index in [-0.39, 0.29) is 6.04 Å². The molecule has 0 spiro atoms. The van der Waals surface area contributed by atoms with Gasteiger partial charge >= 0.3 is 0 Å². The van der Waals surface area contributed by atoms with E-state index in [4.69, 9.17) is 18.0 Å². The second-order valence-electron chi connectivity index (χ2n) is 6.28. The lowest BCUT2D eigenvalue weighted by molar-refractivity contribution is 0.643. The van der Waals surface area contributed by atoms with Crippen molar-refractivity contribution in [3.8, 4) is 23.5 Å². The smallest absolute Gasteiger partial charge is 0.166 e. The molecular formula is C20H20ClN5. The Hall–Kier alpha value is -2.84. The van der Waals surface area contributed by atoms with Gasteiger partial charge in [0.2, 0.25) is 0 Å². The number of benzene rings is 1. The third-order valence-electron chi connectivity index (χ3n) is 4.18. The summed E-state index contributed by atoms with van der Waals surface area (Å²) in [5.41, 5.74) is 3.84. The standard InChI is InChI=1S/C20H20ClN5/c1-6-13(2)26-14(3)17(15-7-9-16(21)10-8-15)18-19(24-12-25(4)5)22-11-23-20(18)26/h1,7-13H,2-5H3. The predicted molar refractivity (Wildman–Crippen MR) is 108 cm³/mol. The molecule has 3 aromatic rings. The molecule has 2 heterocycles. The maximum Gasteiger partial charge on any atom is 0.166 e. The maximum absolute atomic E-state index is 6.07. The van der Waals surface area contributed by atoms with Gasteiger partial charge in [0.05, 0.1) is 17.8 Å². The third-order valence-corrected chi connectivity index (χ3v) is 4.43. The van der Waals surface area contributed by atoms with Crippen LogP contribution in [-0.2, 0) is 0 Å². The number of aliphatic imine (C=N–C) groups is 1. The summed E-state index contributed by atoms with van der Waals surface area (Å²) in [5, 5.41) is 1.57. The van der Waals surface area contributed by atoms with Gasteiger partial charge in [0.15, 0.2) is 5.82 Å². The highest BCUT2D eigenvalue weighted by molar-refractivity contribution is 6.30. The number of rotatable bonds is 4. The minimum Gasteiger partial charge on any atom is -0.369 e. The lowest BCUT2D eigenvalue weighted by Crippen LogP contribution is -2.07. The molecule has 0 fully saturated rings. The van der Waals surface area contributed by atoms with Crippen LogP contribution in [0.3, 0.4) is 0 Å². The van der Waals surface area contributed by atoms with E-state index >= 15 is 0 Å². The zero-order valence-corrected chi connectivity index (χ0v) is 16.0. The molecule has 2 aromatic heterocycles.